The van der Waals surface area contributed by atoms with Crippen molar-refractivity contribution in [3.63, 3.8) is 0 Å². The summed E-state index contributed by atoms with van der Waals surface area (Å²) in [4.78, 5) is 21.3. The van der Waals surface area contributed by atoms with Crippen molar-refractivity contribution in [1.82, 2.24) is 15.1 Å². The van der Waals surface area contributed by atoms with Gasteiger partial charge in [-0.3, -0.25) is 9.79 Å². The van der Waals surface area contributed by atoms with E-state index in [2.05, 4.69) is 15.2 Å². The third kappa shape index (κ3) is 4.85. The number of hydrogen-bond acceptors (Lipinski definition) is 3. The number of nitrogens with one attached hydrogen (secondary N) is 1. The number of guanidine groups is 1. The summed E-state index contributed by atoms with van der Waals surface area (Å²) in [6.07, 6.45) is 7.30. The summed E-state index contributed by atoms with van der Waals surface area (Å²) in [6, 6.07) is 0. The SMILES string of the molecule is CN=C(NCCCC1CC1)N1CCC(C(=O)N2CCOCC2)CC1. The third-order valence-corrected chi connectivity index (χ3v) is 5.45. The first kappa shape index (κ1) is 17.5. The van der Waals surface area contributed by atoms with E-state index < -0.39 is 0 Å². The van der Waals surface area contributed by atoms with Gasteiger partial charge in [0.2, 0.25) is 5.91 Å². The van der Waals surface area contributed by atoms with Crippen LogP contribution in [0.2, 0.25) is 0 Å². The third-order valence-electron chi connectivity index (χ3n) is 5.45. The van der Waals surface area contributed by atoms with Crippen LogP contribution in [0.5, 0.6) is 0 Å². The van der Waals surface area contributed by atoms with Gasteiger partial charge in [0.1, 0.15) is 0 Å². The van der Waals surface area contributed by atoms with E-state index in [-0.39, 0.29) is 5.92 Å². The van der Waals surface area contributed by atoms with Gasteiger partial charge in [-0.2, -0.15) is 0 Å². The molecule has 0 aromatic rings. The first-order chi connectivity index (χ1) is 11.8. The van der Waals surface area contributed by atoms with E-state index in [0.717, 1.165) is 57.4 Å². The Morgan fingerprint density at radius 3 is 2.42 bits per heavy atom. The van der Waals surface area contributed by atoms with Crippen molar-refractivity contribution in [1.29, 1.82) is 0 Å². The lowest BCUT2D eigenvalue weighted by Crippen LogP contribution is -2.50. The van der Waals surface area contributed by atoms with E-state index in [0.29, 0.717) is 19.1 Å². The Bertz CT molecular complexity index is 436. The lowest BCUT2D eigenvalue weighted by atomic mass is 9.95. The number of morpholine rings is 1. The van der Waals surface area contributed by atoms with Crippen LogP contribution in [0.25, 0.3) is 0 Å². The number of likely N-dealkylation sites (tertiary alicyclic amines) is 1. The van der Waals surface area contributed by atoms with E-state index in [1.165, 1.54) is 25.7 Å². The van der Waals surface area contributed by atoms with Gasteiger partial charge in [0.15, 0.2) is 5.96 Å². The summed E-state index contributed by atoms with van der Waals surface area (Å²) in [5.41, 5.74) is 0. The number of carbonyl (C=O) groups excluding carboxylic acids is 1. The molecule has 3 rings (SSSR count). The van der Waals surface area contributed by atoms with E-state index in [9.17, 15) is 4.79 Å². The van der Waals surface area contributed by atoms with Crippen LogP contribution in [0.1, 0.15) is 38.5 Å². The minimum atomic E-state index is 0.173. The Morgan fingerprint density at radius 2 is 1.79 bits per heavy atom. The molecular weight excluding hydrogens is 304 g/mol. The van der Waals surface area contributed by atoms with Crippen molar-refractivity contribution in [3.8, 4) is 0 Å². The zero-order valence-electron chi connectivity index (χ0n) is 15.0. The predicted octanol–water partition coefficient (Wildman–Crippen LogP) is 1.32. The predicted molar refractivity (Wildman–Crippen MR) is 95.0 cm³/mol. The zero-order chi connectivity index (χ0) is 16.8. The summed E-state index contributed by atoms with van der Waals surface area (Å²) < 4.78 is 5.34. The quantitative estimate of drug-likeness (QED) is 0.467. The molecule has 1 N–H and O–H groups in total. The van der Waals surface area contributed by atoms with Gasteiger partial charge in [-0.1, -0.05) is 12.8 Å². The number of rotatable bonds is 5. The van der Waals surface area contributed by atoms with Gasteiger partial charge in [0.05, 0.1) is 13.2 Å². The van der Waals surface area contributed by atoms with Crippen molar-refractivity contribution in [2.45, 2.75) is 38.5 Å². The molecule has 6 nitrogen and oxygen atoms in total. The molecule has 0 radical (unpaired) electrons. The van der Waals surface area contributed by atoms with Crippen molar-refractivity contribution >= 4 is 11.9 Å². The van der Waals surface area contributed by atoms with Crippen molar-refractivity contribution in [3.05, 3.63) is 0 Å². The highest BCUT2D eigenvalue weighted by atomic mass is 16.5. The summed E-state index contributed by atoms with van der Waals surface area (Å²) >= 11 is 0. The fraction of sp³-hybridized carbons (Fsp3) is 0.889. The Morgan fingerprint density at radius 1 is 1.08 bits per heavy atom. The average molecular weight is 336 g/mol. The Balaban J connectivity index is 1.38. The van der Waals surface area contributed by atoms with Gasteiger partial charge in [-0.25, -0.2) is 0 Å². The van der Waals surface area contributed by atoms with Gasteiger partial charge in [0, 0.05) is 45.7 Å². The summed E-state index contributed by atoms with van der Waals surface area (Å²) in [5.74, 6) is 2.50. The maximum atomic E-state index is 12.6. The zero-order valence-corrected chi connectivity index (χ0v) is 15.0. The number of ether oxygens (including phenoxy) is 1. The molecule has 0 atom stereocenters. The molecule has 0 bridgehead atoms. The van der Waals surface area contributed by atoms with Crippen LogP contribution in [0.15, 0.2) is 4.99 Å². The second kappa shape index (κ2) is 8.70. The number of carbonyl (C=O) groups is 1. The molecule has 3 fully saturated rings. The summed E-state index contributed by atoms with van der Waals surface area (Å²) in [7, 11) is 1.86. The molecule has 1 aliphatic carbocycles. The van der Waals surface area contributed by atoms with Crippen LogP contribution in [0.3, 0.4) is 0 Å². The fourth-order valence-corrected chi connectivity index (χ4v) is 3.71. The van der Waals surface area contributed by atoms with E-state index >= 15 is 0 Å². The van der Waals surface area contributed by atoms with Gasteiger partial charge in [-0.15, -0.1) is 0 Å². The second-order valence-corrected chi connectivity index (χ2v) is 7.26. The van der Waals surface area contributed by atoms with Crippen molar-refractivity contribution < 1.29 is 9.53 Å². The van der Waals surface area contributed by atoms with Crippen molar-refractivity contribution in [2.24, 2.45) is 16.8 Å². The molecule has 0 aromatic heterocycles. The molecule has 2 aliphatic heterocycles. The molecule has 0 aromatic carbocycles. The lowest BCUT2D eigenvalue weighted by molar-refractivity contribution is -0.140. The van der Waals surface area contributed by atoms with Crippen LogP contribution in [0.4, 0.5) is 0 Å². The monoisotopic (exact) mass is 336 g/mol. The number of hydrogen-bond donors (Lipinski definition) is 1. The molecule has 1 amide bonds. The van der Waals surface area contributed by atoms with E-state index in [1.54, 1.807) is 0 Å². The van der Waals surface area contributed by atoms with Crippen LogP contribution in [-0.4, -0.2) is 74.7 Å². The van der Waals surface area contributed by atoms with E-state index in [4.69, 9.17) is 4.74 Å². The minimum absolute atomic E-state index is 0.173. The maximum Gasteiger partial charge on any atom is 0.225 e. The smallest absolute Gasteiger partial charge is 0.225 e. The average Bonchev–Trinajstić information content (AvgIpc) is 3.47. The van der Waals surface area contributed by atoms with Crippen LogP contribution in [-0.2, 0) is 9.53 Å². The van der Waals surface area contributed by atoms with Gasteiger partial charge >= 0.3 is 0 Å². The molecule has 2 heterocycles. The van der Waals surface area contributed by atoms with Crippen LogP contribution in [0, 0.1) is 11.8 Å². The molecule has 24 heavy (non-hydrogen) atoms. The normalized spacial score (nSPS) is 23.5. The molecular formula is C18H32N4O2. The molecule has 0 spiro atoms. The van der Waals surface area contributed by atoms with Gasteiger partial charge in [-0.05, 0) is 31.6 Å². The Hall–Kier alpha value is -1.30. The molecule has 1 saturated carbocycles. The lowest BCUT2D eigenvalue weighted by Gasteiger charge is -2.36. The number of aliphatic imine (C=N–C) groups is 1. The largest absolute Gasteiger partial charge is 0.378 e. The summed E-state index contributed by atoms with van der Waals surface area (Å²) in [5, 5.41) is 3.49. The van der Waals surface area contributed by atoms with Gasteiger partial charge in [0.25, 0.3) is 0 Å². The number of piperidine rings is 1. The molecule has 0 unspecified atom stereocenters. The van der Waals surface area contributed by atoms with Crippen molar-refractivity contribution in [2.75, 3.05) is 53.0 Å². The highest BCUT2D eigenvalue weighted by molar-refractivity contribution is 5.81. The molecule has 3 aliphatic rings. The minimum Gasteiger partial charge on any atom is -0.378 e. The van der Waals surface area contributed by atoms with Crippen LogP contribution >= 0.6 is 0 Å². The van der Waals surface area contributed by atoms with E-state index in [1.807, 2.05) is 11.9 Å². The van der Waals surface area contributed by atoms with Crippen LogP contribution < -0.4 is 5.32 Å². The number of nitrogens with zero attached hydrogens (tertiary/aromatic N) is 3. The Kier molecular flexibility index (Phi) is 6.35. The highest BCUT2D eigenvalue weighted by Gasteiger charge is 2.30. The second-order valence-electron chi connectivity index (χ2n) is 7.26. The Labute approximate surface area is 145 Å². The molecule has 2 saturated heterocycles. The number of amides is 1. The molecule has 6 heteroatoms. The topological polar surface area (TPSA) is 57.2 Å². The first-order valence-corrected chi connectivity index (χ1v) is 9.60. The standard InChI is InChI=1S/C18H32N4O2/c1-19-18(20-8-2-3-15-4-5-15)22-9-6-16(7-10-22)17(23)21-11-13-24-14-12-21/h15-16H,2-14H2,1H3,(H,19,20). The first-order valence-electron chi connectivity index (χ1n) is 9.60. The summed E-state index contributed by atoms with van der Waals surface area (Å²) in [6.45, 7) is 5.72. The highest BCUT2D eigenvalue weighted by Crippen LogP contribution is 2.33. The van der Waals surface area contributed by atoms with Gasteiger partial charge < -0.3 is 19.9 Å². The fourth-order valence-electron chi connectivity index (χ4n) is 3.71. The molecule has 136 valence electrons. The maximum absolute atomic E-state index is 12.6.